The SMILES string of the molecule is COC(=O)c1ccc(COc2ccc(/C=C/C(=O)c3ccc(C(C)C)cc3)cc2)cc1. The predicted octanol–water partition coefficient (Wildman–Crippen LogP) is 6.07. The summed E-state index contributed by atoms with van der Waals surface area (Å²) in [5, 5.41) is 0. The quantitative estimate of drug-likeness (QED) is 0.255. The van der Waals surface area contributed by atoms with Gasteiger partial charge in [0.15, 0.2) is 5.78 Å². The van der Waals surface area contributed by atoms with E-state index in [4.69, 9.17) is 9.47 Å². The van der Waals surface area contributed by atoms with Gasteiger partial charge in [-0.15, -0.1) is 0 Å². The predicted molar refractivity (Wildman–Crippen MR) is 122 cm³/mol. The number of esters is 1. The molecule has 0 aliphatic rings. The largest absolute Gasteiger partial charge is 0.489 e. The molecule has 0 N–H and O–H groups in total. The summed E-state index contributed by atoms with van der Waals surface area (Å²) in [5.41, 5.74) is 4.27. The number of hydrogen-bond acceptors (Lipinski definition) is 4. The molecule has 4 nitrogen and oxygen atoms in total. The molecule has 0 aliphatic carbocycles. The molecule has 3 rings (SSSR count). The van der Waals surface area contributed by atoms with Gasteiger partial charge in [0, 0.05) is 5.56 Å². The number of methoxy groups -OCH3 is 1. The lowest BCUT2D eigenvalue weighted by Gasteiger charge is -2.07. The molecule has 0 heterocycles. The van der Waals surface area contributed by atoms with Crippen molar-refractivity contribution in [1.82, 2.24) is 0 Å². The van der Waals surface area contributed by atoms with Crippen LogP contribution in [0.5, 0.6) is 5.75 Å². The van der Waals surface area contributed by atoms with Crippen molar-refractivity contribution < 1.29 is 19.1 Å². The zero-order valence-corrected chi connectivity index (χ0v) is 18.0. The summed E-state index contributed by atoms with van der Waals surface area (Å²) in [4.78, 5) is 23.8. The minimum atomic E-state index is -0.359. The van der Waals surface area contributed by atoms with Crippen molar-refractivity contribution in [3.63, 3.8) is 0 Å². The van der Waals surface area contributed by atoms with Crippen LogP contribution in [0.25, 0.3) is 6.08 Å². The van der Waals surface area contributed by atoms with Gasteiger partial charge >= 0.3 is 5.97 Å². The topological polar surface area (TPSA) is 52.6 Å². The zero-order valence-electron chi connectivity index (χ0n) is 18.0. The second kappa shape index (κ2) is 10.4. The van der Waals surface area contributed by atoms with Crippen LogP contribution in [0.15, 0.2) is 78.9 Å². The summed E-state index contributed by atoms with van der Waals surface area (Å²) in [6, 6.07) is 22.4. The van der Waals surface area contributed by atoms with Crippen molar-refractivity contribution in [2.45, 2.75) is 26.4 Å². The molecule has 0 aromatic heterocycles. The third-order valence-corrected chi connectivity index (χ3v) is 4.95. The number of allylic oxidation sites excluding steroid dienone is 1. The van der Waals surface area contributed by atoms with Gasteiger partial charge in [0.05, 0.1) is 12.7 Å². The van der Waals surface area contributed by atoms with E-state index in [2.05, 4.69) is 13.8 Å². The number of ether oxygens (including phenoxy) is 2. The maximum Gasteiger partial charge on any atom is 0.337 e. The van der Waals surface area contributed by atoms with E-state index in [9.17, 15) is 9.59 Å². The number of carbonyl (C=O) groups is 2. The van der Waals surface area contributed by atoms with Gasteiger partial charge in [0.25, 0.3) is 0 Å². The van der Waals surface area contributed by atoms with E-state index in [0.29, 0.717) is 23.7 Å². The number of hydrogen-bond donors (Lipinski definition) is 0. The van der Waals surface area contributed by atoms with E-state index < -0.39 is 0 Å². The molecule has 0 radical (unpaired) electrons. The lowest BCUT2D eigenvalue weighted by atomic mass is 10.0. The molecule has 158 valence electrons. The van der Waals surface area contributed by atoms with Gasteiger partial charge in [-0.05, 0) is 52.9 Å². The van der Waals surface area contributed by atoms with Gasteiger partial charge in [-0.25, -0.2) is 4.79 Å². The Kier molecular flexibility index (Phi) is 7.39. The third kappa shape index (κ3) is 6.16. The Labute approximate surface area is 183 Å². The number of benzene rings is 3. The number of rotatable bonds is 8. The van der Waals surface area contributed by atoms with Crippen molar-refractivity contribution in [2.75, 3.05) is 7.11 Å². The Hall–Kier alpha value is -3.66. The molecule has 3 aromatic rings. The standard InChI is InChI=1S/C27H26O4/c1-19(2)22-11-13-23(14-12-22)26(28)17-8-20-6-15-25(16-7-20)31-18-21-4-9-24(10-5-21)27(29)30-3/h4-17,19H,18H2,1-3H3/b17-8+. The lowest BCUT2D eigenvalue weighted by molar-refractivity contribution is 0.0600. The monoisotopic (exact) mass is 414 g/mol. The first-order valence-electron chi connectivity index (χ1n) is 10.2. The molecule has 0 fully saturated rings. The molecule has 0 saturated carbocycles. The van der Waals surface area contributed by atoms with Crippen LogP contribution >= 0.6 is 0 Å². The van der Waals surface area contributed by atoms with Crippen LogP contribution in [0.3, 0.4) is 0 Å². The van der Waals surface area contributed by atoms with E-state index in [-0.39, 0.29) is 11.8 Å². The Morgan fingerprint density at radius 2 is 1.45 bits per heavy atom. The second-order valence-electron chi connectivity index (χ2n) is 7.52. The Morgan fingerprint density at radius 3 is 2.03 bits per heavy atom. The van der Waals surface area contributed by atoms with Crippen LogP contribution in [0, 0.1) is 0 Å². The minimum absolute atomic E-state index is 0.0222. The van der Waals surface area contributed by atoms with Crippen molar-refractivity contribution in [2.24, 2.45) is 0 Å². The Balaban J connectivity index is 1.54. The van der Waals surface area contributed by atoms with Gasteiger partial charge < -0.3 is 9.47 Å². The normalized spacial score (nSPS) is 11.0. The molecule has 0 saturated heterocycles. The fourth-order valence-electron chi connectivity index (χ4n) is 3.00. The fourth-order valence-corrected chi connectivity index (χ4v) is 3.00. The first-order valence-corrected chi connectivity index (χ1v) is 10.2. The lowest BCUT2D eigenvalue weighted by Crippen LogP contribution is -2.01. The van der Waals surface area contributed by atoms with E-state index in [1.807, 2.05) is 60.7 Å². The smallest absolute Gasteiger partial charge is 0.337 e. The van der Waals surface area contributed by atoms with Gasteiger partial charge in [-0.3, -0.25) is 4.79 Å². The average molecular weight is 415 g/mol. The average Bonchev–Trinajstić information content (AvgIpc) is 2.81. The summed E-state index contributed by atoms with van der Waals surface area (Å²) < 4.78 is 10.5. The molecule has 0 unspecified atom stereocenters. The Morgan fingerprint density at radius 1 is 0.839 bits per heavy atom. The van der Waals surface area contributed by atoms with Gasteiger partial charge in [-0.2, -0.15) is 0 Å². The highest BCUT2D eigenvalue weighted by Crippen LogP contribution is 2.17. The zero-order chi connectivity index (χ0) is 22.2. The molecule has 0 aliphatic heterocycles. The minimum Gasteiger partial charge on any atom is -0.489 e. The van der Waals surface area contributed by atoms with Crippen LogP contribution in [-0.2, 0) is 11.3 Å². The summed E-state index contributed by atoms with van der Waals surface area (Å²) in [5.74, 6) is 0.789. The number of ketones is 1. The van der Waals surface area contributed by atoms with Gasteiger partial charge in [-0.1, -0.05) is 68.5 Å². The van der Waals surface area contributed by atoms with Crippen LogP contribution in [0.2, 0.25) is 0 Å². The number of carbonyl (C=O) groups excluding carboxylic acids is 2. The molecular formula is C27H26O4. The molecule has 0 amide bonds. The molecule has 3 aromatic carbocycles. The van der Waals surface area contributed by atoms with Crippen molar-refractivity contribution in [3.8, 4) is 5.75 Å². The van der Waals surface area contributed by atoms with Crippen LogP contribution < -0.4 is 4.74 Å². The van der Waals surface area contributed by atoms with Crippen molar-refractivity contribution >= 4 is 17.8 Å². The van der Waals surface area contributed by atoms with Gasteiger partial charge in [0.2, 0.25) is 0 Å². The third-order valence-electron chi connectivity index (χ3n) is 4.95. The summed E-state index contributed by atoms with van der Waals surface area (Å²) in [6.45, 7) is 4.65. The highest BCUT2D eigenvalue weighted by atomic mass is 16.5. The van der Waals surface area contributed by atoms with E-state index >= 15 is 0 Å². The highest BCUT2D eigenvalue weighted by Gasteiger charge is 2.05. The van der Waals surface area contributed by atoms with Gasteiger partial charge in [0.1, 0.15) is 12.4 Å². The molecule has 31 heavy (non-hydrogen) atoms. The molecule has 0 atom stereocenters. The second-order valence-corrected chi connectivity index (χ2v) is 7.52. The highest BCUT2D eigenvalue weighted by molar-refractivity contribution is 6.06. The maximum atomic E-state index is 12.4. The van der Waals surface area contributed by atoms with Crippen LogP contribution in [0.4, 0.5) is 0 Å². The molecular weight excluding hydrogens is 388 g/mol. The van der Waals surface area contributed by atoms with Crippen molar-refractivity contribution in [1.29, 1.82) is 0 Å². The van der Waals surface area contributed by atoms with E-state index in [0.717, 1.165) is 16.9 Å². The summed E-state index contributed by atoms with van der Waals surface area (Å²) in [7, 11) is 1.36. The molecule has 4 heteroatoms. The Bertz CT molecular complexity index is 1040. The maximum absolute atomic E-state index is 12.4. The first kappa shape index (κ1) is 22.0. The van der Waals surface area contributed by atoms with E-state index in [1.54, 1.807) is 24.3 Å². The van der Waals surface area contributed by atoms with Crippen LogP contribution in [-0.4, -0.2) is 18.9 Å². The van der Waals surface area contributed by atoms with Crippen molar-refractivity contribution in [3.05, 3.63) is 107 Å². The fraction of sp³-hybridized carbons (Fsp3) is 0.185. The molecule has 0 bridgehead atoms. The van der Waals surface area contributed by atoms with E-state index in [1.165, 1.54) is 12.7 Å². The first-order chi connectivity index (χ1) is 15.0. The summed E-state index contributed by atoms with van der Waals surface area (Å²) >= 11 is 0. The van der Waals surface area contributed by atoms with Crippen LogP contribution in [0.1, 0.15) is 57.2 Å². The summed E-state index contributed by atoms with van der Waals surface area (Å²) in [6.07, 6.45) is 3.39. The molecule has 0 spiro atoms.